The largest absolute Gasteiger partial charge is 0.376 e. The minimum absolute atomic E-state index is 0.0718. The second kappa shape index (κ2) is 9.66. The van der Waals surface area contributed by atoms with E-state index in [9.17, 15) is 9.59 Å². The highest BCUT2D eigenvalue weighted by atomic mass is 35.5. The van der Waals surface area contributed by atoms with Gasteiger partial charge >= 0.3 is 0 Å². The van der Waals surface area contributed by atoms with E-state index >= 15 is 0 Å². The number of halogens is 1. The van der Waals surface area contributed by atoms with Gasteiger partial charge < -0.3 is 16.0 Å². The van der Waals surface area contributed by atoms with E-state index in [-0.39, 0.29) is 30.4 Å². The van der Waals surface area contributed by atoms with Crippen LogP contribution in [0.3, 0.4) is 0 Å². The van der Waals surface area contributed by atoms with E-state index in [1.54, 1.807) is 18.2 Å². The lowest BCUT2D eigenvalue weighted by Crippen LogP contribution is -2.36. The lowest BCUT2D eigenvalue weighted by Gasteiger charge is -2.23. The van der Waals surface area contributed by atoms with Crippen molar-refractivity contribution < 1.29 is 9.59 Å². The molecule has 1 atom stereocenters. The number of hydrogen-bond acceptors (Lipinski definition) is 3. The van der Waals surface area contributed by atoms with Crippen molar-refractivity contribution in [1.29, 1.82) is 0 Å². The average Bonchev–Trinajstić information content (AvgIpc) is 2.61. The van der Waals surface area contributed by atoms with Gasteiger partial charge in [-0.3, -0.25) is 9.59 Å². The van der Waals surface area contributed by atoms with Gasteiger partial charge in [-0.15, -0.1) is 0 Å². The molecule has 1 saturated carbocycles. The number of rotatable bonds is 7. The van der Waals surface area contributed by atoms with Crippen molar-refractivity contribution in [2.45, 2.75) is 64.5 Å². The minimum Gasteiger partial charge on any atom is -0.376 e. The Balaban J connectivity index is 1.94. The van der Waals surface area contributed by atoms with Crippen LogP contribution >= 0.6 is 11.6 Å². The predicted octanol–water partition coefficient (Wildman–Crippen LogP) is 3.73. The fraction of sp³-hybridized carbons (Fsp3) is 0.579. The maximum Gasteiger partial charge on any atom is 0.253 e. The molecule has 2 rings (SSSR count). The van der Waals surface area contributed by atoms with Gasteiger partial charge in [-0.25, -0.2) is 0 Å². The molecule has 0 saturated heterocycles. The summed E-state index contributed by atoms with van der Waals surface area (Å²) in [4.78, 5) is 24.4. The van der Waals surface area contributed by atoms with Crippen LogP contribution in [0.4, 0.5) is 5.69 Å². The Kier molecular flexibility index (Phi) is 7.56. The van der Waals surface area contributed by atoms with Crippen LogP contribution in [-0.2, 0) is 4.79 Å². The Hall–Kier alpha value is -1.75. The third-order valence-corrected chi connectivity index (χ3v) is 4.95. The maximum absolute atomic E-state index is 12.5. The Labute approximate surface area is 154 Å². The first-order valence-corrected chi connectivity index (χ1v) is 9.51. The van der Waals surface area contributed by atoms with Crippen molar-refractivity contribution in [1.82, 2.24) is 10.6 Å². The first-order chi connectivity index (χ1) is 12.0. The van der Waals surface area contributed by atoms with Crippen molar-refractivity contribution in [3.63, 3.8) is 0 Å². The summed E-state index contributed by atoms with van der Waals surface area (Å²) < 4.78 is 0. The Morgan fingerprint density at radius 1 is 1.24 bits per heavy atom. The Bertz CT molecular complexity index is 600. The molecule has 1 fully saturated rings. The molecule has 6 heteroatoms. The van der Waals surface area contributed by atoms with E-state index in [0.717, 1.165) is 32.1 Å². The average molecular weight is 366 g/mol. The number of benzene rings is 1. The summed E-state index contributed by atoms with van der Waals surface area (Å²) in [6.07, 6.45) is 6.49. The molecule has 1 aliphatic rings. The fourth-order valence-corrected chi connectivity index (χ4v) is 3.13. The molecule has 138 valence electrons. The number of amides is 2. The van der Waals surface area contributed by atoms with Crippen LogP contribution in [0, 0.1) is 0 Å². The molecule has 0 bridgehead atoms. The van der Waals surface area contributed by atoms with E-state index in [0.29, 0.717) is 16.3 Å². The molecule has 0 aromatic heterocycles. The number of carbonyl (C=O) groups excluding carboxylic acids is 2. The summed E-state index contributed by atoms with van der Waals surface area (Å²) in [6, 6.07) is 5.55. The van der Waals surface area contributed by atoms with E-state index in [2.05, 4.69) is 16.0 Å². The van der Waals surface area contributed by atoms with E-state index in [1.807, 2.05) is 13.8 Å². The molecule has 0 heterocycles. The first kappa shape index (κ1) is 19.6. The zero-order valence-corrected chi connectivity index (χ0v) is 15.8. The van der Waals surface area contributed by atoms with Gasteiger partial charge in [-0.1, -0.05) is 37.8 Å². The summed E-state index contributed by atoms with van der Waals surface area (Å²) in [6.45, 7) is 4.15. The van der Waals surface area contributed by atoms with E-state index in [4.69, 9.17) is 11.6 Å². The van der Waals surface area contributed by atoms with Gasteiger partial charge in [0.15, 0.2) is 0 Å². The highest BCUT2D eigenvalue weighted by Crippen LogP contribution is 2.22. The van der Waals surface area contributed by atoms with Crippen molar-refractivity contribution in [2.24, 2.45) is 0 Å². The quantitative estimate of drug-likeness (QED) is 0.689. The topological polar surface area (TPSA) is 70.2 Å². The van der Waals surface area contributed by atoms with Crippen molar-refractivity contribution in [2.75, 3.05) is 11.9 Å². The van der Waals surface area contributed by atoms with Crippen LogP contribution in [0.1, 0.15) is 62.7 Å². The number of anilines is 1. The van der Waals surface area contributed by atoms with E-state index < -0.39 is 0 Å². The number of hydrogen-bond donors (Lipinski definition) is 3. The first-order valence-electron chi connectivity index (χ1n) is 9.13. The standard InChI is InChI=1S/C19H28ClN3O2/c1-3-13(2)22-18(24)12-21-15-9-10-17(20)16(11-15)19(25)23-14-7-5-4-6-8-14/h9-11,13-14,21H,3-8,12H2,1-2H3,(H,22,24)(H,23,25). The van der Waals surface area contributed by atoms with Gasteiger partial charge in [0.2, 0.25) is 5.91 Å². The number of nitrogens with one attached hydrogen (secondary N) is 3. The molecule has 1 unspecified atom stereocenters. The summed E-state index contributed by atoms with van der Waals surface area (Å²) >= 11 is 6.19. The highest BCUT2D eigenvalue weighted by Gasteiger charge is 2.18. The van der Waals surface area contributed by atoms with E-state index in [1.165, 1.54) is 6.42 Å². The molecule has 1 aliphatic carbocycles. The zero-order valence-electron chi connectivity index (χ0n) is 15.0. The third kappa shape index (κ3) is 6.24. The molecular formula is C19H28ClN3O2. The summed E-state index contributed by atoms with van der Waals surface area (Å²) in [5.41, 5.74) is 1.15. The second-order valence-corrected chi connectivity index (χ2v) is 7.14. The summed E-state index contributed by atoms with van der Waals surface area (Å²) in [7, 11) is 0. The summed E-state index contributed by atoms with van der Waals surface area (Å²) in [5.74, 6) is -0.220. The Morgan fingerprint density at radius 2 is 1.96 bits per heavy atom. The van der Waals surface area contributed by atoms with Crippen LogP contribution < -0.4 is 16.0 Å². The van der Waals surface area contributed by atoms with Gasteiger partial charge in [0, 0.05) is 17.8 Å². The SMILES string of the molecule is CCC(C)NC(=O)CNc1ccc(Cl)c(C(=O)NC2CCCCC2)c1. The molecule has 1 aromatic carbocycles. The maximum atomic E-state index is 12.5. The van der Waals surface area contributed by atoms with Crippen LogP contribution in [-0.4, -0.2) is 30.4 Å². The summed E-state index contributed by atoms with van der Waals surface area (Å²) in [5, 5.41) is 9.44. The molecule has 0 radical (unpaired) electrons. The Morgan fingerprint density at radius 3 is 2.64 bits per heavy atom. The molecular weight excluding hydrogens is 338 g/mol. The van der Waals surface area contributed by atoms with Crippen LogP contribution in [0.15, 0.2) is 18.2 Å². The van der Waals surface area contributed by atoms with Crippen molar-refractivity contribution in [3.05, 3.63) is 28.8 Å². The van der Waals surface area contributed by atoms with Gasteiger partial charge in [0.25, 0.3) is 5.91 Å². The number of carbonyl (C=O) groups is 2. The fourth-order valence-electron chi connectivity index (χ4n) is 2.93. The molecule has 3 N–H and O–H groups in total. The van der Waals surface area contributed by atoms with Gasteiger partial charge in [0.1, 0.15) is 0 Å². The zero-order chi connectivity index (χ0) is 18.2. The van der Waals surface area contributed by atoms with Gasteiger partial charge in [0.05, 0.1) is 17.1 Å². The van der Waals surface area contributed by atoms with Crippen LogP contribution in [0.5, 0.6) is 0 Å². The van der Waals surface area contributed by atoms with Crippen molar-refractivity contribution in [3.8, 4) is 0 Å². The normalized spacial score (nSPS) is 16.1. The molecule has 5 nitrogen and oxygen atoms in total. The molecule has 2 amide bonds. The van der Waals surface area contributed by atoms with Crippen LogP contribution in [0.2, 0.25) is 5.02 Å². The molecule has 0 spiro atoms. The molecule has 25 heavy (non-hydrogen) atoms. The smallest absolute Gasteiger partial charge is 0.253 e. The molecule has 1 aromatic rings. The highest BCUT2D eigenvalue weighted by molar-refractivity contribution is 6.34. The lowest BCUT2D eigenvalue weighted by atomic mass is 9.95. The molecule has 0 aliphatic heterocycles. The second-order valence-electron chi connectivity index (χ2n) is 6.73. The van der Waals surface area contributed by atoms with Gasteiger partial charge in [-0.2, -0.15) is 0 Å². The third-order valence-electron chi connectivity index (χ3n) is 4.62. The van der Waals surface area contributed by atoms with Crippen LogP contribution in [0.25, 0.3) is 0 Å². The monoisotopic (exact) mass is 365 g/mol. The lowest BCUT2D eigenvalue weighted by molar-refractivity contribution is -0.120. The minimum atomic E-state index is -0.149. The predicted molar refractivity (Wildman–Crippen MR) is 102 cm³/mol. The van der Waals surface area contributed by atoms with Crippen molar-refractivity contribution >= 4 is 29.1 Å². The van der Waals surface area contributed by atoms with Gasteiger partial charge in [-0.05, 0) is 44.4 Å².